The van der Waals surface area contributed by atoms with E-state index in [-0.39, 0.29) is 17.4 Å². The van der Waals surface area contributed by atoms with Crippen LogP contribution in [0.5, 0.6) is 5.88 Å². The number of hydrazine groups is 1. The summed E-state index contributed by atoms with van der Waals surface area (Å²) in [6, 6.07) is 2.51. The third-order valence-corrected chi connectivity index (χ3v) is 1.71. The fourth-order valence-electron chi connectivity index (χ4n) is 0.997. The number of pyridine rings is 1. The second kappa shape index (κ2) is 5.26. The maximum Gasteiger partial charge on any atom is 0.278 e. The van der Waals surface area contributed by atoms with Crippen LogP contribution in [0.3, 0.4) is 0 Å². The van der Waals surface area contributed by atoms with Gasteiger partial charge in [0.25, 0.3) is 5.69 Å². The van der Waals surface area contributed by atoms with Crippen LogP contribution in [0.4, 0.5) is 11.5 Å². The topological polar surface area (TPSA) is 103 Å². The van der Waals surface area contributed by atoms with Crippen molar-refractivity contribution in [3.63, 3.8) is 0 Å². The average Bonchev–Trinajstić information content (AvgIpc) is 2.25. The van der Waals surface area contributed by atoms with E-state index >= 15 is 0 Å². The van der Waals surface area contributed by atoms with Gasteiger partial charge in [-0.05, 0) is 5.92 Å². The van der Waals surface area contributed by atoms with Crippen molar-refractivity contribution in [2.24, 2.45) is 11.8 Å². The molecule has 0 aliphatic carbocycles. The third-order valence-electron chi connectivity index (χ3n) is 1.71. The number of nitrogens with zero attached hydrogens (tertiary/aromatic N) is 2. The lowest BCUT2D eigenvalue weighted by atomic mass is 10.2. The fraction of sp³-hybridized carbons (Fsp3) is 0.444. The third kappa shape index (κ3) is 3.35. The Balaban J connectivity index is 2.90. The molecule has 0 aliphatic rings. The molecular formula is C9H14N4O3. The zero-order valence-corrected chi connectivity index (χ0v) is 9.14. The van der Waals surface area contributed by atoms with Gasteiger partial charge in [-0.2, -0.15) is 4.98 Å². The van der Waals surface area contributed by atoms with Gasteiger partial charge in [-0.15, -0.1) is 0 Å². The summed E-state index contributed by atoms with van der Waals surface area (Å²) < 4.78 is 5.29. The number of nitro groups is 1. The van der Waals surface area contributed by atoms with E-state index < -0.39 is 4.92 Å². The first kappa shape index (κ1) is 12.2. The smallest absolute Gasteiger partial charge is 0.278 e. The van der Waals surface area contributed by atoms with E-state index in [1.54, 1.807) is 0 Å². The number of aromatic nitrogens is 1. The van der Waals surface area contributed by atoms with Gasteiger partial charge in [-0.3, -0.25) is 10.1 Å². The minimum Gasteiger partial charge on any atom is -0.477 e. The Bertz CT molecular complexity index is 381. The van der Waals surface area contributed by atoms with Crippen LogP contribution in [0.2, 0.25) is 0 Å². The van der Waals surface area contributed by atoms with Gasteiger partial charge in [0.05, 0.1) is 23.7 Å². The zero-order valence-electron chi connectivity index (χ0n) is 9.14. The molecule has 1 rings (SSSR count). The molecule has 0 unspecified atom stereocenters. The normalized spacial score (nSPS) is 10.2. The molecule has 16 heavy (non-hydrogen) atoms. The number of nitrogen functional groups attached to an aromatic ring is 1. The van der Waals surface area contributed by atoms with E-state index in [2.05, 4.69) is 10.4 Å². The second-order valence-electron chi connectivity index (χ2n) is 3.66. The van der Waals surface area contributed by atoms with Crippen molar-refractivity contribution >= 4 is 11.5 Å². The minimum atomic E-state index is -0.523. The molecule has 0 atom stereocenters. The Morgan fingerprint density at radius 1 is 1.62 bits per heavy atom. The van der Waals surface area contributed by atoms with Crippen molar-refractivity contribution in [1.82, 2.24) is 4.98 Å². The van der Waals surface area contributed by atoms with E-state index in [0.717, 1.165) is 0 Å². The van der Waals surface area contributed by atoms with E-state index in [4.69, 9.17) is 10.6 Å². The van der Waals surface area contributed by atoms with E-state index in [0.29, 0.717) is 12.5 Å². The first-order valence-electron chi connectivity index (χ1n) is 4.79. The standard InChI is InChI=1S/C9H14N4O3/c1-6(2)5-16-9-4-7(13(14)15)3-8(11-9)12-10/h3-4,6H,5,10H2,1-2H3,(H,11,12). The second-order valence-corrected chi connectivity index (χ2v) is 3.66. The number of hydrogen-bond acceptors (Lipinski definition) is 6. The van der Waals surface area contributed by atoms with Crippen LogP contribution in [-0.2, 0) is 0 Å². The van der Waals surface area contributed by atoms with Crippen molar-refractivity contribution in [2.75, 3.05) is 12.0 Å². The molecule has 0 aliphatic heterocycles. The van der Waals surface area contributed by atoms with Crippen LogP contribution in [0.1, 0.15) is 13.8 Å². The van der Waals surface area contributed by atoms with Crippen LogP contribution < -0.4 is 16.0 Å². The molecular weight excluding hydrogens is 212 g/mol. The highest BCUT2D eigenvalue weighted by Crippen LogP contribution is 2.21. The summed E-state index contributed by atoms with van der Waals surface area (Å²) in [5, 5.41) is 10.6. The molecule has 88 valence electrons. The highest BCUT2D eigenvalue weighted by Gasteiger charge is 2.11. The van der Waals surface area contributed by atoms with Crippen molar-refractivity contribution in [3.05, 3.63) is 22.2 Å². The molecule has 0 amide bonds. The van der Waals surface area contributed by atoms with Gasteiger partial charge in [-0.25, -0.2) is 5.84 Å². The van der Waals surface area contributed by atoms with Gasteiger partial charge < -0.3 is 10.2 Å². The highest BCUT2D eigenvalue weighted by molar-refractivity contribution is 5.47. The number of rotatable bonds is 5. The molecule has 1 heterocycles. The van der Waals surface area contributed by atoms with Gasteiger partial charge in [-0.1, -0.05) is 13.8 Å². The molecule has 7 nitrogen and oxygen atoms in total. The zero-order chi connectivity index (χ0) is 12.1. The molecule has 1 aromatic heterocycles. The monoisotopic (exact) mass is 226 g/mol. The molecule has 0 radical (unpaired) electrons. The van der Waals surface area contributed by atoms with Crippen molar-refractivity contribution < 1.29 is 9.66 Å². The lowest BCUT2D eigenvalue weighted by Gasteiger charge is -2.08. The summed E-state index contributed by atoms with van der Waals surface area (Å²) in [4.78, 5) is 14.0. The average molecular weight is 226 g/mol. The molecule has 0 saturated carbocycles. The van der Waals surface area contributed by atoms with Gasteiger partial charge in [0.15, 0.2) is 5.82 Å². The van der Waals surface area contributed by atoms with Crippen molar-refractivity contribution in [1.29, 1.82) is 0 Å². The lowest BCUT2D eigenvalue weighted by Crippen LogP contribution is -2.11. The Kier molecular flexibility index (Phi) is 4.01. The largest absolute Gasteiger partial charge is 0.477 e. The van der Waals surface area contributed by atoms with Gasteiger partial charge in [0.2, 0.25) is 5.88 Å². The molecule has 0 bridgehead atoms. The predicted molar refractivity (Wildman–Crippen MR) is 59.0 cm³/mol. The van der Waals surface area contributed by atoms with Crippen molar-refractivity contribution in [3.8, 4) is 5.88 Å². The molecule has 0 saturated heterocycles. The van der Waals surface area contributed by atoms with E-state index in [1.807, 2.05) is 13.8 Å². The molecule has 0 aromatic carbocycles. The number of anilines is 1. The number of hydrogen-bond donors (Lipinski definition) is 2. The number of ether oxygens (including phenoxy) is 1. The molecule has 0 spiro atoms. The number of nitrogens with one attached hydrogen (secondary N) is 1. The summed E-state index contributed by atoms with van der Waals surface area (Å²) in [5.74, 6) is 5.86. The van der Waals surface area contributed by atoms with E-state index in [1.165, 1.54) is 12.1 Å². The number of nitrogens with two attached hydrogens (primary N) is 1. The maximum absolute atomic E-state index is 10.6. The van der Waals surface area contributed by atoms with Gasteiger partial charge >= 0.3 is 0 Å². The minimum absolute atomic E-state index is 0.110. The SMILES string of the molecule is CC(C)COc1cc([N+](=O)[O-])cc(NN)n1. The van der Waals surface area contributed by atoms with Gasteiger partial charge in [0, 0.05) is 0 Å². The van der Waals surface area contributed by atoms with E-state index in [9.17, 15) is 10.1 Å². The van der Waals surface area contributed by atoms with Crippen LogP contribution >= 0.6 is 0 Å². The predicted octanol–water partition coefficient (Wildman–Crippen LogP) is 1.31. The highest BCUT2D eigenvalue weighted by atomic mass is 16.6. The Morgan fingerprint density at radius 3 is 2.81 bits per heavy atom. The Hall–Kier alpha value is -1.89. The molecule has 7 heteroatoms. The first-order valence-corrected chi connectivity index (χ1v) is 4.79. The van der Waals surface area contributed by atoms with Crippen molar-refractivity contribution in [2.45, 2.75) is 13.8 Å². The molecule has 0 fully saturated rings. The quantitative estimate of drug-likeness (QED) is 0.445. The van der Waals surface area contributed by atoms with Crippen LogP contribution in [0.15, 0.2) is 12.1 Å². The maximum atomic E-state index is 10.6. The summed E-state index contributed by atoms with van der Waals surface area (Å²) in [6.45, 7) is 4.39. The summed E-state index contributed by atoms with van der Waals surface area (Å²) >= 11 is 0. The summed E-state index contributed by atoms with van der Waals surface area (Å²) in [7, 11) is 0. The Labute approximate surface area is 92.7 Å². The Morgan fingerprint density at radius 2 is 2.31 bits per heavy atom. The van der Waals surface area contributed by atoms with Gasteiger partial charge in [0.1, 0.15) is 0 Å². The lowest BCUT2D eigenvalue weighted by molar-refractivity contribution is -0.384. The molecule has 3 N–H and O–H groups in total. The van der Waals surface area contributed by atoms with Crippen LogP contribution in [-0.4, -0.2) is 16.5 Å². The van der Waals surface area contributed by atoms with Crippen LogP contribution in [0.25, 0.3) is 0 Å². The first-order chi connectivity index (χ1) is 7.52. The van der Waals surface area contributed by atoms with Crippen LogP contribution in [0, 0.1) is 16.0 Å². The fourth-order valence-corrected chi connectivity index (χ4v) is 0.997. The summed E-state index contributed by atoms with van der Waals surface area (Å²) in [5.41, 5.74) is 2.15. The summed E-state index contributed by atoms with van der Waals surface area (Å²) in [6.07, 6.45) is 0. The molecule has 1 aromatic rings.